The highest BCUT2D eigenvalue weighted by molar-refractivity contribution is 7.10. The van der Waals surface area contributed by atoms with Crippen molar-refractivity contribution in [1.82, 2.24) is 14.5 Å². The Labute approximate surface area is 121 Å². The van der Waals surface area contributed by atoms with Crippen LogP contribution in [0.25, 0.3) is 0 Å². The summed E-state index contributed by atoms with van der Waals surface area (Å²) in [4.78, 5) is 14.3. The maximum atomic E-state index is 12.5. The fourth-order valence-electron chi connectivity index (χ4n) is 2.41. The molecule has 0 spiro atoms. The second kappa shape index (κ2) is 5.58. The maximum absolute atomic E-state index is 12.5. The molecule has 1 aliphatic rings. The molecule has 5 nitrogen and oxygen atoms in total. The van der Waals surface area contributed by atoms with Gasteiger partial charge in [-0.25, -0.2) is 0 Å². The molecule has 2 aromatic rings. The molecular formula is C14H16N4OS. The molecule has 1 aliphatic heterocycles. The van der Waals surface area contributed by atoms with Gasteiger partial charge in [-0.2, -0.15) is 0 Å². The van der Waals surface area contributed by atoms with Gasteiger partial charge in [0, 0.05) is 30.2 Å². The van der Waals surface area contributed by atoms with Crippen molar-refractivity contribution in [2.45, 2.75) is 19.9 Å². The molecular weight excluding hydrogens is 272 g/mol. The molecule has 0 saturated carbocycles. The van der Waals surface area contributed by atoms with Gasteiger partial charge in [0.15, 0.2) is 0 Å². The molecule has 0 fully saturated rings. The van der Waals surface area contributed by atoms with Crippen LogP contribution in [0.2, 0.25) is 0 Å². The summed E-state index contributed by atoms with van der Waals surface area (Å²) in [5.74, 6) is 0.0855. The minimum absolute atomic E-state index is 0.0855. The largest absolute Gasteiger partial charge is 0.374 e. The van der Waals surface area contributed by atoms with Crippen LogP contribution in [0.3, 0.4) is 0 Å². The smallest absolute Gasteiger partial charge is 0.254 e. The molecule has 1 N–H and O–H groups in total. The van der Waals surface area contributed by atoms with E-state index in [1.165, 1.54) is 11.5 Å². The number of hydrogen-bond acceptors (Lipinski definition) is 5. The van der Waals surface area contributed by atoms with Gasteiger partial charge in [-0.3, -0.25) is 4.79 Å². The fraction of sp³-hybridized carbons (Fsp3) is 0.357. The first kappa shape index (κ1) is 13.1. The van der Waals surface area contributed by atoms with Crippen LogP contribution in [-0.2, 0) is 13.0 Å². The quantitative estimate of drug-likeness (QED) is 0.936. The van der Waals surface area contributed by atoms with Crippen LogP contribution in [0.15, 0.2) is 24.3 Å². The van der Waals surface area contributed by atoms with Crippen LogP contribution in [0, 0.1) is 0 Å². The molecule has 104 valence electrons. The van der Waals surface area contributed by atoms with Crippen molar-refractivity contribution < 1.29 is 4.79 Å². The van der Waals surface area contributed by atoms with Crippen LogP contribution in [0.1, 0.15) is 28.5 Å². The van der Waals surface area contributed by atoms with E-state index in [9.17, 15) is 4.79 Å². The van der Waals surface area contributed by atoms with Gasteiger partial charge in [-0.05, 0) is 25.0 Å². The number of carbonyl (C=O) groups is 1. The number of hydrogen-bond donors (Lipinski definition) is 1. The number of carbonyl (C=O) groups excluding carboxylic acids is 1. The molecule has 2 heterocycles. The third kappa shape index (κ3) is 2.38. The molecule has 0 saturated heterocycles. The van der Waals surface area contributed by atoms with Crippen LogP contribution < -0.4 is 5.32 Å². The lowest BCUT2D eigenvalue weighted by Gasteiger charge is -2.28. The predicted octanol–water partition coefficient (Wildman–Crippen LogP) is 2.17. The first-order valence-electron chi connectivity index (χ1n) is 6.72. The Bertz CT molecular complexity index is 625. The molecule has 0 bridgehead atoms. The molecule has 3 rings (SSSR count). The van der Waals surface area contributed by atoms with E-state index in [0.717, 1.165) is 41.3 Å². The molecule has 20 heavy (non-hydrogen) atoms. The summed E-state index contributed by atoms with van der Waals surface area (Å²) in [6.07, 6.45) is 0.899. The standard InChI is InChI=1S/C14H16N4OS/c1-2-15-13-12(16-17-20-13)9-18-8-7-10-5-3-4-6-11(10)14(18)19/h3-6,15H,2,7-9H2,1H3. The zero-order valence-electron chi connectivity index (χ0n) is 11.3. The van der Waals surface area contributed by atoms with Crippen molar-refractivity contribution in [3.63, 3.8) is 0 Å². The first-order chi connectivity index (χ1) is 9.79. The minimum atomic E-state index is 0.0855. The van der Waals surface area contributed by atoms with Crippen LogP contribution in [0.5, 0.6) is 0 Å². The molecule has 0 unspecified atom stereocenters. The lowest BCUT2D eigenvalue weighted by Crippen LogP contribution is -2.37. The average molecular weight is 288 g/mol. The lowest BCUT2D eigenvalue weighted by molar-refractivity contribution is 0.0725. The second-order valence-corrected chi connectivity index (χ2v) is 5.47. The van der Waals surface area contributed by atoms with Gasteiger partial charge in [0.25, 0.3) is 5.91 Å². The number of aromatic nitrogens is 2. The Morgan fingerprint density at radius 1 is 1.40 bits per heavy atom. The van der Waals surface area contributed by atoms with Gasteiger partial charge >= 0.3 is 0 Å². The Balaban J connectivity index is 1.79. The van der Waals surface area contributed by atoms with E-state index in [2.05, 4.69) is 14.9 Å². The van der Waals surface area contributed by atoms with E-state index < -0.39 is 0 Å². The number of benzene rings is 1. The van der Waals surface area contributed by atoms with Gasteiger partial charge in [-0.15, -0.1) is 5.10 Å². The Morgan fingerprint density at radius 3 is 3.10 bits per heavy atom. The average Bonchev–Trinajstić information content (AvgIpc) is 2.90. The number of nitrogens with one attached hydrogen (secondary N) is 1. The summed E-state index contributed by atoms with van der Waals surface area (Å²) in [5.41, 5.74) is 2.80. The SMILES string of the molecule is CCNc1snnc1CN1CCc2ccccc2C1=O. The Kier molecular flexibility index (Phi) is 3.64. The summed E-state index contributed by atoms with van der Waals surface area (Å²) in [5, 5.41) is 8.32. The summed E-state index contributed by atoms with van der Waals surface area (Å²) in [6.45, 7) is 4.12. The highest BCUT2D eigenvalue weighted by Gasteiger charge is 2.25. The summed E-state index contributed by atoms with van der Waals surface area (Å²) in [7, 11) is 0. The number of fused-ring (bicyclic) bond motifs is 1. The zero-order valence-corrected chi connectivity index (χ0v) is 12.1. The van der Waals surface area contributed by atoms with Crippen molar-refractivity contribution in [2.24, 2.45) is 0 Å². The highest BCUT2D eigenvalue weighted by Crippen LogP contribution is 2.23. The van der Waals surface area contributed by atoms with Gasteiger partial charge in [0.1, 0.15) is 10.7 Å². The van der Waals surface area contributed by atoms with Gasteiger partial charge < -0.3 is 10.2 Å². The number of nitrogens with zero attached hydrogens (tertiary/aromatic N) is 3. The van der Waals surface area contributed by atoms with E-state index in [1.54, 1.807) is 0 Å². The number of amides is 1. The molecule has 1 aromatic heterocycles. The summed E-state index contributed by atoms with van der Waals surface area (Å²) >= 11 is 1.34. The normalized spacial score (nSPS) is 14.2. The van der Waals surface area contributed by atoms with Crippen LogP contribution >= 0.6 is 11.5 Å². The molecule has 0 radical (unpaired) electrons. The third-order valence-electron chi connectivity index (χ3n) is 3.42. The van der Waals surface area contributed by atoms with Gasteiger partial charge in [-0.1, -0.05) is 22.7 Å². The minimum Gasteiger partial charge on any atom is -0.374 e. The van der Waals surface area contributed by atoms with Gasteiger partial charge in [0.2, 0.25) is 0 Å². The maximum Gasteiger partial charge on any atom is 0.254 e. The predicted molar refractivity (Wildman–Crippen MR) is 79.0 cm³/mol. The van der Waals surface area contributed by atoms with Crippen LogP contribution in [0.4, 0.5) is 5.00 Å². The van der Waals surface area contributed by atoms with Crippen molar-refractivity contribution in [1.29, 1.82) is 0 Å². The molecule has 6 heteroatoms. The molecule has 1 aromatic carbocycles. The van der Waals surface area contributed by atoms with E-state index in [1.807, 2.05) is 36.1 Å². The van der Waals surface area contributed by atoms with Crippen molar-refractivity contribution in [3.8, 4) is 0 Å². The number of rotatable bonds is 4. The van der Waals surface area contributed by atoms with Crippen molar-refractivity contribution in [2.75, 3.05) is 18.4 Å². The number of anilines is 1. The van der Waals surface area contributed by atoms with Crippen molar-refractivity contribution >= 4 is 22.4 Å². The van der Waals surface area contributed by atoms with Gasteiger partial charge in [0.05, 0.1) is 6.54 Å². The topological polar surface area (TPSA) is 58.1 Å². The first-order valence-corrected chi connectivity index (χ1v) is 7.49. The van der Waals surface area contributed by atoms with E-state index in [4.69, 9.17) is 0 Å². The highest BCUT2D eigenvalue weighted by atomic mass is 32.1. The second-order valence-electron chi connectivity index (χ2n) is 4.71. The molecule has 1 amide bonds. The van der Waals surface area contributed by atoms with Crippen molar-refractivity contribution in [3.05, 3.63) is 41.1 Å². The molecule has 0 atom stereocenters. The van der Waals surface area contributed by atoms with E-state index in [-0.39, 0.29) is 5.91 Å². The summed E-state index contributed by atoms with van der Waals surface area (Å²) < 4.78 is 3.97. The fourth-order valence-corrected chi connectivity index (χ4v) is 3.05. The lowest BCUT2D eigenvalue weighted by atomic mass is 9.99. The Morgan fingerprint density at radius 2 is 2.25 bits per heavy atom. The zero-order chi connectivity index (χ0) is 13.9. The van der Waals surface area contributed by atoms with E-state index >= 15 is 0 Å². The monoisotopic (exact) mass is 288 g/mol. The van der Waals surface area contributed by atoms with E-state index in [0.29, 0.717) is 6.54 Å². The third-order valence-corrected chi connectivity index (χ3v) is 4.15. The molecule has 0 aliphatic carbocycles. The summed E-state index contributed by atoms with van der Waals surface area (Å²) in [6, 6.07) is 7.82. The Hall–Kier alpha value is -1.95. The van der Waals surface area contributed by atoms with Crippen LogP contribution in [-0.4, -0.2) is 33.5 Å².